The number of rotatable bonds is 4. The van der Waals surface area contributed by atoms with Crippen molar-refractivity contribution in [1.29, 1.82) is 0 Å². The van der Waals surface area contributed by atoms with Crippen LogP contribution >= 0.6 is 0 Å². The summed E-state index contributed by atoms with van der Waals surface area (Å²) in [4.78, 5) is 23.1. The van der Waals surface area contributed by atoms with Gasteiger partial charge in [-0.2, -0.15) is 0 Å². The maximum Gasteiger partial charge on any atom is 0.311 e. The summed E-state index contributed by atoms with van der Waals surface area (Å²) in [5.74, 6) is 0.186. The number of hydrogen-bond acceptors (Lipinski definition) is 4. The molecular formula is C12H15NO4. The molecule has 0 bridgehead atoms. The molecule has 0 saturated heterocycles. The molecule has 92 valence electrons. The standard InChI is InChI=1S/C12H15NO4/c1-3-17-12(15)9-6-10(9)13-7-8(16-2)4-5-11(13)14/h4-5,7,9-10H,3,6H2,1-2H3/t9-,10-/m0/s1. The monoisotopic (exact) mass is 237 g/mol. The molecule has 0 unspecified atom stereocenters. The first-order valence-corrected chi connectivity index (χ1v) is 5.60. The van der Waals surface area contributed by atoms with Gasteiger partial charge in [0.2, 0.25) is 0 Å². The number of ether oxygens (including phenoxy) is 2. The van der Waals surface area contributed by atoms with Crippen molar-refractivity contribution in [1.82, 2.24) is 4.57 Å². The van der Waals surface area contributed by atoms with Crippen molar-refractivity contribution in [2.75, 3.05) is 13.7 Å². The van der Waals surface area contributed by atoms with Crippen LogP contribution in [-0.4, -0.2) is 24.3 Å². The molecule has 2 rings (SSSR count). The zero-order valence-corrected chi connectivity index (χ0v) is 9.88. The van der Waals surface area contributed by atoms with E-state index in [9.17, 15) is 9.59 Å². The Hall–Kier alpha value is -1.78. The smallest absolute Gasteiger partial charge is 0.311 e. The fourth-order valence-corrected chi connectivity index (χ4v) is 1.85. The molecule has 5 heteroatoms. The Kier molecular flexibility index (Phi) is 3.17. The van der Waals surface area contributed by atoms with Crippen molar-refractivity contribution in [3.05, 3.63) is 28.7 Å². The fraction of sp³-hybridized carbons (Fsp3) is 0.500. The number of esters is 1. The molecule has 1 saturated carbocycles. The lowest BCUT2D eigenvalue weighted by atomic mass is 10.4. The fourth-order valence-electron chi connectivity index (χ4n) is 1.85. The molecule has 0 aliphatic heterocycles. The van der Waals surface area contributed by atoms with Crippen LogP contribution in [0, 0.1) is 5.92 Å². The van der Waals surface area contributed by atoms with Gasteiger partial charge in [-0.3, -0.25) is 9.59 Å². The van der Waals surface area contributed by atoms with Gasteiger partial charge in [0.25, 0.3) is 5.56 Å². The Bertz CT molecular complexity index is 480. The van der Waals surface area contributed by atoms with Crippen LogP contribution in [0.1, 0.15) is 19.4 Å². The first-order valence-electron chi connectivity index (χ1n) is 5.60. The zero-order valence-electron chi connectivity index (χ0n) is 9.88. The summed E-state index contributed by atoms with van der Waals surface area (Å²) in [7, 11) is 1.54. The van der Waals surface area contributed by atoms with E-state index in [2.05, 4.69) is 0 Å². The third-order valence-electron chi connectivity index (χ3n) is 2.85. The van der Waals surface area contributed by atoms with Crippen LogP contribution in [-0.2, 0) is 9.53 Å². The highest BCUT2D eigenvalue weighted by molar-refractivity contribution is 5.76. The zero-order chi connectivity index (χ0) is 12.4. The molecule has 0 N–H and O–H groups in total. The van der Waals surface area contributed by atoms with Crippen molar-refractivity contribution in [3.8, 4) is 5.75 Å². The normalized spacial score (nSPS) is 22.0. The van der Waals surface area contributed by atoms with Crippen LogP contribution in [0.15, 0.2) is 23.1 Å². The molecule has 1 heterocycles. The molecule has 5 nitrogen and oxygen atoms in total. The number of aromatic nitrogens is 1. The summed E-state index contributed by atoms with van der Waals surface area (Å²) in [6.07, 6.45) is 2.29. The van der Waals surface area contributed by atoms with Crippen molar-refractivity contribution < 1.29 is 14.3 Å². The van der Waals surface area contributed by atoms with E-state index in [0.29, 0.717) is 18.8 Å². The van der Waals surface area contributed by atoms with Gasteiger partial charge < -0.3 is 14.0 Å². The average Bonchev–Trinajstić information content (AvgIpc) is 3.10. The van der Waals surface area contributed by atoms with Crippen LogP contribution in [0.2, 0.25) is 0 Å². The van der Waals surface area contributed by atoms with E-state index in [1.807, 2.05) is 0 Å². The first-order chi connectivity index (χ1) is 8.17. The van der Waals surface area contributed by atoms with Crippen LogP contribution in [0.5, 0.6) is 5.75 Å². The molecule has 17 heavy (non-hydrogen) atoms. The number of nitrogens with zero attached hydrogens (tertiary/aromatic N) is 1. The number of hydrogen-bond donors (Lipinski definition) is 0. The van der Waals surface area contributed by atoms with Gasteiger partial charge in [0.15, 0.2) is 0 Å². The first kappa shape index (κ1) is 11.7. The number of carbonyl (C=O) groups is 1. The second-order valence-electron chi connectivity index (χ2n) is 3.98. The predicted molar refractivity (Wildman–Crippen MR) is 61.0 cm³/mol. The molecule has 1 aliphatic carbocycles. The number of pyridine rings is 1. The summed E-state index contributed by atoms with van der Waals surface area (Å²) in [5, 5.41) is 0. The minimum absolute atomic E-state index is 0.0864. The minimum atomic E-state index is -0.229. The van der Waals surface area contributed by atoms with E-state index >= 15 is 0 Å². The molecule has 0 amide bonds. The van der Waals surface area contributed by atoms with Gasteiger partial charge in [-0.1, -0.05) is 0 Å². The summed E-state index contributed by atoms with van der Waals surface area (Å²) in [5.41, 5.74) is -0.123. The van der Waals surface area contributed by atoms with Crippen molar-refractivity contribution in [2.24, 2.45) is 5.92 Å². The van der Waals surface area contributed by atoms with Gasteiger partial charge in [0.1, 0.15) is 5.75 Å². The second-order valence-corrected chi connectivity index (χ2v) is 3.98. The van der Waals surface area contributed by atoms with Crippen LogP contribution < -0.4 is 10.3 Å². The van der Waals surface area contributed by atoms with Gasteiger partial charge in [-0.05, 0) is 19.4 Å². The topological polar surface area (TPSA) is 57.5 Å². The van der Waals surface area contributed by atoms with Crippen molar-refractivity contribution >= 4 is 5.97 Å². The molecule has 0 spiro atoms. The summed E-state index contributed by atoms with van der Waals surface area (Å²) in [6.45, 7) is 2.14. The van der Waals surface area contributed by atoms with Crippen LogP contribution in [0.3, 0.4) is 0 Å². The Labute approximate surface area is 99.0 Å². The molecule has 1 fully saturated rings. The van der Waals surface area contributed by atoms with Gasteiger partial charge in [-0.25, -0.2) is 0 Å². The minimum Gasteiger partial charge on any atom is -0.495 e. The van der Waals surface area contributed by atoms with Crippen molar-refractivity contribution in [3.63, 3.8) is 0 Å². The molecular weight excluding hydrogens is 222 g/mol. The molecule has 1 aromatic heterocycles. The van der Waals surface area contributed by atoms with E-state index < -0.39 is 0 Å². The maximum absolute atomic E-state index is 11.7. The van der Waals surface area contributed by atoms with E-state index in [1.165, 1.54) is 6.07 Å². The second kappa shape index (κ2) is 4.61. The van der Waals surface area contributed by atoms with Crippen LogP contribution in [0.4, 0.5) is 0 Å². The van der Waals surface area contributed by atoms with Gasteiger partial charge in [0.05, 0.1) is 25.7 Å². The van der Waals surface area contributed by atoms with Crippen LogP contribution in [0.25, 0.3) is 0 Å². The van der Waals surface area contributed by atoms with Crippen molar-refractivity contribution in [2.45, 2.75) is 19.4 Å². The number of methoxy groups -OCH3 is 1. The SMILES string of the molecule is CCOC(=O)[C@H]1C[C@@H]1n1cc(OC)ccc1=O. The Morgan fingerprint density at radius 3 is 2.94 bits per heavy atom. The highest BCUT2D eigenvalue weighted by Gasteiger charge is 2.46. The lowest BCUT2D eigenvalue weighted by Gasteiger charge is -2.07. The summed E-state index contributed by atoms with van der Waals surface area (Å²) >= 11 is 0. The van der Waals surface area contributed by atoms with E-state index in [-0.39, 0.29) is 23.5 Å². The Balaban J connectivity index is 2.15. The molecule has 0 radical (unpaired) electrons. The Morgan fingerprint density at radius 1 is 1.53 bits per heavy atom. The quantitative estimate of drug-likeness (QED) is 0.732. The lowest BCUT2D eigenvalue weighted by Crippen LogP contribution is -2.19. The van der Waals surface area contributed by atoms with Gasteiger partial charge in [-0.15, -0.1) is 0 Å². The highest BCUT2D eigenvalue weighted by Crippen LogP contribution is 2.43. The highest BCUT2D eigenvalue weighted by atomic mass is 16.5. The predicted octanol–water partition coefficient (Wildman–Crippen LogP) is 0.981. The third kappa shape index (κ3) is 2.33. The van der Waals surface area contributed by atoms with E-state index in [1.54, 1.807) is 30.9 Å². The Morgan fingerprint density at radius 2 is 2.29 bits per heavy atom. The van der Waals surface area contributed by atoms with E-state index in [4.69, 9.17) is 9.47 Å². The third-order valence-corrected chi connectivity index (χ3v) is 2.85. The summed E-state index contributed by atoms with van der Waals surface area (Å²) in [6, 6.07) is 2.97. The molecule has 1 aliphatic rings. The maximum atomic E-state index is 11.7. The number of carbonyl (C=O) groups excluding carboxylic acids is 1. The average molecular weight is 237 g/mol. The van der Waals surface area contributed by atoms with E-state index in [0.717, 1.165) is 0 Å². The van der Waals surface area contributed by atoms with Gasteiger partial charge in [0, 0.05) is 12.3 Å². The molecule has 2 atom stereocenters. The summed E-state index contributed by atoms with van der Waals surface area (Å²) < 4.78 is 11.5. The molecule has 0 aromatic carbocycles. The molecule has 1 aromatic rings. The van der Waals surface area contributed by atoms with Gasteiger partial charge >= 0.3 is 5.97 Å². The lowest BCUT2D eigenvalue weighted by molar-refractivity contribution is -0.144. The largest absolute Gasteiger partial charge is 0.495 e.